The number of benzene rings is 1. The SMILES string of the molecule is O=S(=O)(CC(F)(F)F)NC1CCC(CNc2ncnc(N3CCOCC3c3ccc(OC(F)(F)F)cc3)c2F)CC1. The number of hydrogen-bond donors (Lipinski definition) is 2. The minimum atomic E-state index is -4.83. The Morgan fingerprint density at radius 3 is 2.34 bits per heavy atom. The van der Waals surface area contributed by atoms with E-state index >= 15 is 4.39 Å². The molecule has 228 valence electrons. The number of ether oxygens (including phenoxy) is 2. The Hall–Kier alpha value is -2.92. The highest BCUT2D eigenvalue weighted by atomic mass is 32.2. The first kappa shape index (κ1) is 31.0. The molecular weight excluding hydrogens is 587 g/mol. The summed E-state index contributed by atoms with van der Waals surface area (Å²) in [6.45, 7) is 0.964. The van der Waals surface area contributed by atoms with Crippen LogP contribution in [0.15, 0.2) is 30.6 Å². The van der Waals surface area contributed by atoms with Gasteiger partial charge in [-0.2, -0.15) is 17.6 Å². The number of nitrogens with zero attached hydrogens (tertiary/aromatic N) is 3. The lowest BCUT2D eigenvalue weighted by atomic mass is 9.86. The summed E-state index contributed by atoms with van der Waals surface area (Å²) in [7, 11) is -4.49. The van der Waals surface area contributed by atoms with Crippen molar-refractivity contribution < 1.29 is 48.6 Å². The number of sulfonamides is 1. The molecule has 2 N–H and O–H groups in total. The Bertz CT molecular complexity index is 1270. The third-order valence-electron chi connectivity index (χ3n) is 6.77. The van der Waals surface area contributed by atoms with E-state index in [0.29, 0.717) is 37.8 Å². The van der Waals surface area contributed by atoms with E-state index in [9.17, 15) is 34.8 Å². The van der Waals surface area contributed by atoms with E-state index in [1.807, 2.05) is 0 Å². The third-order valence-corrected chi connectivity index (χ3v) is 8.17. The number of nitrogens with one attached hydrogen (secondary N) is 2. The number of hydrogen-bond acceptors (Lipinski definition) is 8. The Morgan fingerprint density at radius 1 is 1.02 bits per heavy atom. The Labute approximate surface area is 231 Å². The van der Waals surface area contributed by atoms with Gasteiger partial charge in [-0.25, -0.2) is 23.1 Å². The molecule has 1 aliphatic carbocycles. The summed E-state index contributed by atoms with van der Waals surface area (Å²) in [6.07, 6.45) is -6.80. The first-order chi connectivity index (χ1) is 19.2. The quantitative estimate of drug-likeness (QED) is 0.397. The van der Waals surface area contributed by atoms with Crippen LogP contribution in [-0.2, 0) is 14.8 Å². The maximum atomic E-state index is 15.5. The highest BCUT2D eigenvalue weighted by Crippen LogP contribution is 2.34. The van der Waals surface area contributed by atoms with E-state index in [1.165, 1.54) is 18.5 Å². The summed E-state index contributed by atoms with van der Waals surface area (Å²) in [5.74, 6) is -3.14. The van der Waals surface area contributed by atoms with E-state index in [0.717, 1.165) is 12.1 Å². The Kier molecular flexibility index (Phi) is 9.48. The van der Waals surface area contributed by atoms with Crippen LogP contribution in [0.5, 0.6) is 5.75 Å². The molecule has 0 amide bonds. The summed E-state index contributed by atoms with van der Waals surface area (Å²) >= 11 is 0. The molecule has 1 saturated carbocycles. The molecule has 9 nitrogen and oxygen atoms in total. The summed E-state index contributed by atoms with van der Waals surface area (Å²) in [4.78, 5) is 9.72. The predicted molar refractivity (Wildman–Crippen MR) is 133 cm³/mol. The maximum Gasteiger partial charge on any atom is 0.573 e. The lowest BCUT2D eigenvalue weighted by molar-refractivity contribution is -0.274. The second-order valence-corrected chi connectivity index (χ2v) is 11.6. The molecule has 2 aromatic rings. The number of anilines is 2. The topological polar surface area (TPSA) is 106 Å². The summed E-state index contributed by atoms with van der Waals surface area (Å²) in [5, 5.41) is 2.95. The first-order valence-electron chi connectivity index (χ1n) is 12.7. The van der Waals surface area contributed by atoms with Crippen LogP contribution in [0, 0.1) is 11.7 Å². The van der Waals surface area contributed by atoms with Gasteiger partial charge < -0.3 is 19.7 Å². The second-order valence-electron chi connectivity index (χ2n) is 9.85. The van der Waals surface area contributed by atoms with Gasteiger partial charge >= 0.3 is 12.5 Å². The summed E-state index contributed by atoms with van der Waals surface area (Å²) in [5.41, 5.74) is 0.564. The van der Waals surface area contributed by atoms with Crippen LogP contribution in [0.25, 0.3) is 0 Å². The largest absolute Gasteiger partial charge is 0.573 e. The van der Waals surface area contributed by atoms with Gasteiger partial charge in [-0.05, 0) is 49.3 Å². The van der Waals surface area contributed by atoms with E-state index < -0.39 is 52.0 Å². The smallest absolute Gasteiger partial charge is 0.406 e. The van der Waals surface area contributed by atoms with Gasteiger partial charge in [0.2, 0.25) is 15.8 Å². The van der Waals surface area contributed by atoms with Crippen molar-refractivity contribution in [3.63, 3.8) is 0 Å². The highest BCUT2D eigenvalue weighted by molar-refractivity contribution is 7.89. The molecule has 0 radical (unpaired) electrons. The molecule has 1 aliphatic heterocycles. The zero-order valence-electron chi connectivity index (χ0n) is 21.5. The van der Waals surface area contributed by atoms with Crippen LogP contribution in [-0.4, -0.2) is 69.0 Å². The maximum absolute atomic E-state index is 15.5. The highest BCUT2D eigenvalue weighted by Gasteiger charge is 2.37. The van der Waals surface area contributed by atoms with E-state index in [-0.39, 0.29) is 37.3 Å². The average molecular weight is 616 g/mol. The molecule has 1 atom stereocenters. The first-order valence-corrected chi connectivity index (χ1v) is 14.4. The van der Waals surface area contributed by atoms with Gasteiger partial charge in [0.15, 0.2) is 17.4 Å². The molecule has 1 aromatic carbocycles. The van der Waals surface area contributed by atoms with Crippen molar-refractivity contribution in [2.75, 3.05) is 42.3 Å². The minimum absolute atomic E-state index is 0.00440. The van der Waals surface area contributed by atoms with Gasteiger partial charge in [0.05, 0.1) is 19.3 Å². The summed E-state index contributed by atoms with van der Waals surface area (Å²) < 4.78 is 125. The van der Waals surface area contributed by atoms with Crippen molar-refractivity contribution in [2.24, 2.45) is 5.92 Å². The van der Waals surface area contributed by atoms with Crippen molar-refractivity contribution in [1.82, 2.24) is 14.7 Å². The van der Waals surface area contributed by atoms with Crippen molar-refractivity contribution in [3.8, 4) is 5.75 Å². The Balaban J connectivity index is 1.36. The average Bonchev–Trinajstić information content (AvgIpc) is 2.87. The molecule has 41 heavy (non-hydrogen) atoms. The summed E-state index contributed by atoms with van der Waals surface area (Å²) in [6, 6.07) is 4.05. The van der Waals surface area contributed by atoms with Crippen molar-refractivity contribution >= 4 is 21.7 Å². The zero-order chi connectivity index (χ0) is 29.8. The van der Waals surface area contributed by atoms with Crippen LogP contribution >= 0.6 is 0 Å². The molecule has 2 fully saturated rings. The van der Waals surface area contributed by atoms with Crippen molar-refractivity contribution in [3.05, 3.63) is 42.0 Å². The van der Waals surface area contributed by atoms with Gasteiger partial charge in [0.1, 0.15) is 12.1 Å². The fourth-order valence-corrected chi connectivity index (χ4v) is 6.20. The van der Waals surface area contributed by atoms with Gasteiger partial charge in [-0.3, -0.25) is 0 Å². The molecule has 1 unspecified atom stereocenters. The van der Waals surface area contributed by atoms with Gasteiger partial charge in [-0.1, -0.05) is 12.1 Å². The van der Waals surface area contributed by atoms with Crippen LogP contribution in [0.3, 0.4) is 0 Å². The molecule has 0 bridgehead atoms. The fourth-order valence-electron chi connectivity index (χ4n) is 4.95. The Morgan fingerprint density at radius 2 is 1.71 bits per heavy atom. The van der Waals surface area contributed by atoms with E-state index in [2.05, 4.69) is 24.7 Å². The van der Waals surface area contributed by atoms with Crippen molar-refractivity contribution in [2.45, 2.75) is 50.3 Å². The van der Waals surface area contributed by atoms with E-state index in [4.69, 9.17) is 4.74 Å². The molecule has 2 aliphatic rings. The van der Waals surface area contributed by atoms with E-state index in [1.54, 1.807) is 4.90 Å². The number of rotatable bonds is 9. The van der Waals surface area contributed by atoms with Gasteiger partial charge in [0.25, 0.3) is 0 Å². The van der Waals surface area contributed by atoms with Crippen LogP contribution < -0.4 is 19.7 Å². The lowest BCUT2D eigenvalue weighted by Gasteiger charge is -2.37. The monoisotopic (exact) mass is 615 g/mol. The van der Waals surface area contributed by atoms with Gasteiger partial charge in [0, 0.05) is 19.1 Å². The number of alkyl halides is 6. The minimum Gasteiger partial charge on any atom is -0.406 e. The second kappa shape index (κ2) is 12.5. The predicted octanol–water partition coefficient (Wildman–Crippen LogP) is 4.54. The standard InChI is InChI=1S/C24H28F7N5O4S/c25-20-21(32-11-15-1-5-17(6-2-15)35-41(37,38)13-23(26,27)28)33-14-34-22(20)36-9-10-39-12-19(36)16-3-7-18(8-4-16)40-24(29,30)31/h3-4,7-8,14-15,17,19,35H,1-2,5-6,9-13H2,(H,32,33,34). The van der Waals surface area contributed by atoms with Crippen LogP contribution in [0.2, 0.25) is 0 Å². The number of halogens is 7. The molecule has 1 aromatic heterocycles. The van der Waals surface area contributed by atoms with Crippen LogP contribution in [0.1, 0.15) is 37.3 Å². The normalized spacial score (nSPS) is 22.4. The number of aromatic nitrogens is 2. The molecule has 17 heteroatoms. The molecular formula is C24H28F7N5O4S. The molecule has 0 spiro atoms. The fraction of sp³-hybridized carbons (Fsp3) is 0.583. The third kappa shape index (κ3) is 9.03. The van der Waals surface area contributed by atoms with Crippen molar-refractivity contribution in [1.29, 1.82) is 0 Å². The molecule has 2 heterocycles. The molecule has 4 rings (SSSR count). The molecule has 1 saturated heterocycles. The lowest BCUT2D eigenvalue weighted by Crippen LogP contribution is -2.42. The van der Waals surface area contributed by atoms with Gasteiger partial charge in [-0.15, -0.1) is 13.2 Å². The zero-order valence-corrected chi connectivity index (χ0v) is 22.3. The van der Waals surface area contributed by atoms with Crippen LogP contribution in [0.4, 0.5) is 42.4 Å². The number of morpholine rings is 1.